The zero-order valence-electron chi connectivity index (χ0n) is 11.0. The van der Waals surface area contributed by atoms with E-state index in [0.29, 0.717) is 6.61 Å². The summed E-state index contributed by atoms with van der Waals surface area (Å²) in [5.41, 5.74) is -0.533. The van der Waals surface area contributed by atoms with E-state index in [9.17, 15) is 14.9 Å². The van der Waals surface area contributed by atoms with Crippen molar-refractivity contribution in [2.24, 2.45) is 0 Å². The molecule has 0 bridgehead atoms. The summed E-state index contributed by atoms with van der Waals surface area (Å²) >= 11 is 0. The lowest BCUT2D eigenvalue weighted by Gasteiger charge is -2.11. The third-order valence-corrected chi connectivity index (χ3v) is 2.27. The van der Waals surface area contributed by atoms with Crippen molar-refractivity contribution in [3.05, 3.63) is 27.8 Å². The van der Waals surface area contributed by atoms with Crippen LogP contribution in [0, 0.1) is 10.1 Å². The van der Waals surface area contributed by atoms with Crippen molar-refractivity contribution in [1.29, 1.82) is 0 Å². The normalized spacial score (nSPS) is 9.84. The molecule has 104 valence electrons. The van der Waals surface area contributed by atoms with Gasteiger partial charge in [-0.1, -0.05) is 0 Å². The number of nitro benzene ring substituents is 1. The maximum Gasteiger partial charge on any atom is 0.345 e. The third kappa shape index (κ3) is 3.34. The first-order chi connectivity index (χ1) is 9.04. The van der Waals surface area contributed by atoms with Crippen LogP contribution in [0.1, 0.15) is 24.2 Å². The largest absolute Gasteiger partial charge is 0.493 e. The fraction of sp³-hybridized carbons (Fsp3) is 0.417. The minimum absolute atomic E-state index is 0.130. The van der Waals surface area contributed by atoms with Crippen molar-refractivity contribution in [2.45, 2.75) is 13.8 Å². The number of nitro groups is 1. The van der Waals surface area contributed by atoms with Gasteiger partial charge in [0.2, 0.25) is 0 Å². The first kappa shape index (κ1) is 14.7. The minimum atomic E-state index is -0.768. The summed E-state index contributed by atoms with van der Waals surface area (Å²) in [6.07, 6.45) is 0. The Balaban J connectivity index is 3.35. The third-order valence-electron chi connectivity index (χ3n) is 2.27. The van der Waals surface area contributed by atoms with Crippen LogP contribution in [0.5, 0.6) is 11.5 Å². The van der Waals surface area contributed by atoms with Crippen molar-refractivity contribution in [2.75, 3.05) is 20.3 Å². The Morgan fingerprint density at radius 3 is 2.42 bits per heavy atom. The number of rotatable bonds is 6. The second kappa shape index (κ2) is 6.58. The van der Waals surface area contributed by atoms with Crippen LogP contribution >= 0.6 is 0 Å². The summed E-state index contributed by atoms with van der Waals surface area (Å²) in [6, 6.07) is 2.41. The zero-order valence-corrected chi connectivity index (χ0v) is 11.0. The molecule has 1 aromatic rings. The van der Waals surface area contributed by atoms with Gasteiger partial charge in [0, 0.05) is 6.07 Å². The highest BCUT2D eigenvalue weighted by Crippen LogP contribution is 2.35. The summed E-state index contributed by atoms with van der Waals surface area (Å²) in [7, 11) is 1.39. The molecule has 1 rings (SSSR count). The van der Waals surface area contributed by atoms with Gasteiger partial charge in [-0.25, -0.2) is 4.79 Å². The molecule has 0 unspecified atom stereocenters. The van der Waals surface area contributed by atoms with E-state index in [4.69, 9.17) is 14.2 Å². The van der Waals surface area contributed by atoms with Gasteiger partial charge in [0.1, 0.15) is 5.56 Å². The number of hydrogen-bond acceptors (Lipinski definition) is 6. The molecule has 0 atom stereocenters. The summed E-state index contributed by atoms with van der Waals surface area (Å²) in [6.45, 7) is 3.82. The highest BCUT2D eigenvalue weighted by Gasteiger charge is 2.25. The molecule has 0 aromatic heterocycles. The molecule has 0 heterocycles. The number of methoxy groups -OCH3 is 1. The molecule has 0 aliphatic rings. The summed E-state index contributed by atoms with van der Waals surface area (Å²) in [4.78, 5) is 22.0. The molecular weight excluding hydrogens is 254 g/mol. The molecule has 1 aromatic carbocycles. The van der Waals surface area contributed by atoms with E-state index >= 15 is 0 Å². The van der Waals surface area contributed by atoms with Crippen LogP contribution in [-0.4, -0.2) is 31.2 Å². The molecule has 0 saturated heterocycles. The second-order valence-electron chi connectivity index (χ2n) is 3.43. The average molecular weight is 269 g/mol. The van der Waals surface area contributed by atoms with Crippen molar-refractivity contribution < 1.29 is 23.9 Å². The topological polar surface area (TPSA) is 87.9 Å². The lowest BCUT2D eigenvalue weighted by Crippen LogP contribution is -2.09. The molecule has 0 spiro atoms. The summed E-state index contributed by atoms with van der Waals surface area (Å²) in [5, 5.41) is 11.0. The Kier molecular flexibility index (Phi) is 5.11. The van der Waals surface area contributed by atoms with Gasteiger partial charge in [-0.15, -0.1) is 0 Å². The molecule has 7 nitrogen and oxygen atoms in total. The van der Waals surface area contributed by atoms with Crippen molar-refractivity contribution in [1.82, 2.24) is 0 Å². The first-order valence-corrected chi connectivity index (χ1v) is 5.71. The zero-order chi connectivity index (χ0) is 14.4. The van der Waals surface area contributed by atoms with E-state index in [0.717, 1.165) is 6.07 Å². The van der Waals surface area contributed by atoms with Crippen molar-refractivity contribution in [3.8, 4) is 11.5 Å². The van der Waals surface area contributed by atoms with E-state index in [-0.39, 0.29) is 29.4 Å². The van der Waals surface area contributed by atoms with Crippen LogP contribution < -0.4 is 9.47 Å². The van der Waals surface area contributed by atoms with Gasteiger partial charge in [0.25, 0.3) is 5.69 Å². The number of carbonyl (C=O) groups excluding carboxylic acids is 1. The maximum atomic E-state index is 11.7. The lowest BCUT2D eigenvalue weighted by molar-refractivity contribution is -0.385. The average Bonchev–Trinajstić information content (AvgIpc) is 2.38. The lowest BCUT2D eigenvalue weighted by atomic mass is 10.1. The monoisotopic (exact) mass is 269 g/mol. The van der Waals surface area contributed by atoms with E-state index in [1.165, 1.54) is 13.2 Å². The predicted octanol–water partition coefficient (Wildman–Crippen LogP) is 2.18. The maximum absolute atomic E-state index is 11.7. The second-order valence-corrected chi connectivity index (χ2v) is 3.43. The summed E-state index contributed by atoms with van der Waals surface area (Å²) < 4.78 is 15.1. The Morgan fingerprint density at radius 1 is 1.26 bits per heavy atom. The van der Waals surface area contributed by atoms with Gasteiger partial charge in [-0.3, -0.25) is 10.1 Å². The Labute approximate surface area is 110 Å². The van der Waals surface area contributed by atoms with E-state index in [2.05, 4.69) is 0 Å². The summed E-state index contributed by atoms with van der Waals surface area (Å²) in [5.74, 6) is -0.309. The number of ether oxygens (including phenoxy) is 3. The fourth-order valence-corrected chi connectivity index (χ4v) is 1.50. The Morgan fingerprint density at radius 2 is 1.95 bits per heavy atom. The number of nitrogens with zero attached hydrogens (tertiary/aromatic N) is 1. The van der Waals surface area contributed by atoms with Crippen LogP contribution in [0.15, 0.2) is 12.1 Å². The van der Waals surface area contributed by atoms with E-state index in [1.807, 2.05) is 0 Å². The molecule has 0 saturated carbocycles. The molecule has 0 amide bonds. The molecular formula is C12H15NO6. The standard InChI is InChI=1S/C12H15NO6/c1-4-18-11-7-9(13(15)16)8(6-10(11)17-3)12(14)19-5-2/h6-7H,4-5H2,1-3H3. The van der Waals surface area contributed by atoms with Gasteiger partial charge in [0.15, 0.2) is 11.5 Å². The van der Waals surface area contributed by atoms with Crippen molar-refractivity contribution >= 4 is 11.7 Å². The quantitative estimate of drug-likeness (QED) is 0.447. The van der Waals surface area contributed by atoms with Crippen LogP contribution in [-0.2, 0) is 4.74 Å². The van der Waals surface area contributed by atoms with E-state index in [1.54, 1.807) is 13.8 Å². The van der Waals surface area contributed by atoms with Crippen LogP contribution in [0.4, 0.5) is 5.69 Å². The highest BCUT2D eigenvalue weighted by atomic mass is 16.6. The smallest absolute Gasteiger partial charge is 0.345 e. The van der Waals surface area contributed by atoms with Crippen molar-refractivity contribution in [3.63, 3.8) is 0 Å². The number of carbonyl (C=O) groups is 1. The number of esters is 1. The molecule has 19 heavy (non-hydrogen) atoms. The highest BCUT2D eigenvalue weighted by molar-refractivity contribution is 5.95. The Bertz CT molecular complexity index is 485. The van der Waals surface area contributed by atoms with E-state index < -0.39 is 10.9 Å². The number of hydrogen-bond donors (Lipinski definition) is 0. The Hall–Kier alpha value is -2.31. The number of benzene rings is 1. The molecule has 0 radical (unpaired) electrons. The van der Waals surface area contributed by atoms with Gasteiger partial charge in [0.05, 0.1) is 31.3 Å². The van der Waals surface area contributed by atoms with Gasteiger partial charge < -0.3 is 14.2 Å². The van der Waals surface area contributed by atoms with Gasteiger partial charge in [-0.05, 0) is 13.8 Å². The van der Waals surface area contributed by atoms with Crippen LogP contribution in [0.3, 0.4) is 0 Å². The SMILES string of the molecule is CCOC(=O)c1cc(OC)c(OCC)cc1[N+](=O)[O-]. The van der Waals surface area contributed by atoms with Crippen LogP contribution in [0.2, 0.25) is 0 Å². The molecule has 0 N–H and O–H groups in total. The molecule has 7 heteroatoms. The molecule has 0 aliphatic heterocycles. The first-order valence-electron chi connectivity index (χ1n) is 5.71. The molecule has 0 aliphatic carbocycles. The minimum Gasteiger partial charge on any atom is -0.493 e. The predicted molar refractivity (Wildman–Crippen MR) is 66.8 cm³/mol. The van der Waals surface area contributed by atoms with Gasteiger partial charge in [-0.2, -0.15) is 0 Å². The fourth-order valence-electron chi connectivity index (χ4n) is 1.50. The van der Waals surface area contributed by atoms with Gasteiger partial charge >= 0.3 is 5.97 Å². The van der Waals surface area contributed by atoms with Crippen LogP contribution in [0.25, 0.3) is 0 Å². The molecule has 0 fully saturated rings.